The number of rotatable bonds is 4. The molecule has 0 unspecified atom stereocenters. The minimum Gasteiger partial charge on any atom is -0.457 e. The van der Waals surface area contributed by atoms with Gasteiger partial charge in [0.1, 0.15) is 11.5 Å². The third kappa shape index (κ3) is 4.91. The van der Waals surface area contributed by atoms with Crippen LogP contribution in [0.15, 0.2) is 59.6 Å². The van der Waals surface area contributed by atoms with Crippen molar-refractivity contribution in [1.29, 1.82) is 0 Å². The smallest absolute Gasteiger partial charge is 0.191 e. The highest BCUT2D eigenvalue weighted by Gasteiger charge is 2.04. The van der Waals surface area contributed by atoms with Gasteiger partial charge in [0.2, 0.25) is 0 Å². The first kappa shape index (κ1) is 16.6. The Balaban J connectivity index is 0.00000176. The zero-order valence-electron chi connectivity index (χ0n) is 12.3. The van der Waals surface area contributed by atoms with Crippen LogP contribution in [0.2, 0.25) is 0 Å². The Hall–Kier alpha value is -1.76. The second kappa shape index (κ2) is 8.63. The molecule has 0 fully saturated rings. The lowest BCUT2D eigenvalue weighted by molar-refractivity contribution is 0.482. The predicted octanol–water partition coefficient (Wildman–Crippen LogP) is 3.54. The summed E-state index contributed by atoms with van der Waals surface area (Å²) >= 11 is 0. The van der Waals surface area contributed by atoms with Gasteiger partial charge in [-0.25, -0.2) is 0 Å². The largest absolute Gasteiger partial charge is 0.457 e. The third-order valence-electron chi connectivity index (χ3n) is 3.23. The molecule has 0 radical (unpaired) electrons. The minimum absolute atomic E-state index is 0. The Labute approximate surface area is 148 Å². The summed E-state index contributed by atoms with van der Waals surface area (Å²) in [5.74, 6) is 2.58. The van der Waals surface area contributed by atoms with E-state index in [1.807, 2.05) is 48.5 Å². The molecule has 1 aliphatic rings. The Kier molecular flexibility index (Phi) is 6.51. The highest BCUT2D eigenvalue weighted by Crippen LogP contribution is 2.21. The van der Waals surface area contributed by atoms with E-state index < -0.39 is 0 Å². The van der Waals surface area contributed by atoms with E-state index in [2.05, 4.69) is 21.7 Å². The molecule has 1 heterocycles. The zero-order valence-corrected chi connectivity index (χ0v) is 14.6. The molecule has 2 aromatic carbocycles. The van der Waals surface area contributed by atoms with E-state index in [9.17, 15) is 0 Å². The van der Waals surface area contributed by atoms with Gasteiger partial charge in [-0.1, -0.05) is 30.3 Å². The molecule has 0 saturated heterocycles. The summed E-state index contributed by atoms with van der Waals surface area (Å²) in [4.78, 5) is 4.40. The fourth-order valence-corrected chi connectivity index (χ4v) is 2.18. The topological polar surface area (TPSA) is 45.6 Å². The van der Waals surface area contributed by atoms with E-state index in [1.165, 1.54) is 5.56 Å². The molecular formula is C17H20IN3O. The summed E-state index contributed by atoms with van der Waals surface area (Å²) in [6.07, 6.45) is 1.10. The van der Waals surface area contributed by atoms with E-state index in [0.717, 1.165) is 43.5 Å². The maximum absolute atomic E-state index is 5.84. The Morgan fingerprint density at radius 3 is 2.64 bits per heavy atom. The molecular weight excluding hydrogens is 389 g/mol. The van der Waals surface area contributed by atoms with Crippen molar-refractivity contribution >= 4 is 29.9 Å². The molecule has 22 heavy (non-hydrogen) atoms. The van der Waals surface area contributed by atoms with Crippen LogP contribution in [-0.2, 0) is 6.54 Å². The van der Waals surface area contributed by atoms with E-state index in [0.29, 0.717) is 0 Å². The van der Waals surface area contributed by atoms with E-state index >= 15 is 0 Å². The van der Waals surface area contributed by atoms with Gasteiger partial charge in [0, 0.05) is 19.6 Å². The average Bonchev–Trinajstić information content (AvgIpc) is 2.55. The van der Waals surface area contributed by atoms with Gasteiger partial charge in [0.05, 0.1) is 0 Å². The molecule has 0 spiro atoms. The summed E-state index contributed by atoms with van der Waals surface area (Å²) in [6, 6.07) is 17.9. The number of benzene rings is 2. The lowest BCUT2D eigenvalue weighted by Crippen LogP contribution is -2.40. The normalized spacial score (nSPS) is 13.4. The van der Waals surface area contributed by atoms with Crippen molar-refractivity contribution in [1.82, 2.24) is 10.6 Å². The standard InChI is InChI=1S/C17H19N3O.HI/c1-2-7-15(8-3-1)21-16-9-4-6-14(12-16)13-20-17-18-10-5-11-19-17;/h1-4,6-9,12H,5,10-11,13H2,(H2,18,19,20);1H. The van der Waals surface area contributed by atoms with Gasteiger partial charge < -0.3 is 15.4 Å². The van der Waals surface area contributed by atoms with Gasteiger partial charge >= 0.3 is 0 Å². The van der Waals surface area contributed by atoms with E-state index in [-0.39, 0.29) is 24.0 Å². The third-order valence-corrected chi connectivity index (χ3v) is 3.23. The predicted molar refractivity (Wildman–Crippen MR) is 100 cm³/mol. The summed E-state index contributed by atoms with van der Waals surface area (Å²) in [7, 11) is 0. The van der Waals surface area contributed by atoms with Crippen molar-refractivity contribution in [3.8, 4) is 11.5 Å². The second-order valence-corrected chi connectivity index (χ2v) is 4.93. The summed E-state index contributed by atoms with van der Waals surface area (Å²) in [5, 5.41) is 6.56. The van der Waals surface area contributed by atoms with E-state index in [4.69, 9.17) is 4.74 Å². The lowest BCUT2D eigenvalue weighted by atomic mass is 10.2. The number of hydrogen-bond donors (Lipinski definition) is 2. The van der Waals surface area contributed by atoms with Crippen molar-refractivity contribution in [3.05, 3.63) is 60.2 Å². The second-order valence-electron chi connectivity index (χ2n) is 4.93. The van der Waals surface area contributed by atoms with Gasteiger partial charge in [0.25, 0.3) is 0 Å². The van der Waals surface area contributed by atoms with Crippen LogP contribution < -0.4 is 15.4 Å². The lowest BCUT2D eigenvalue weighted by Gasteiger charge is -2.16. The van der Waals surface area contributed by atoms with Crippen molar-refractivity contribution < 1.29 is 4.74 Å². The van der Waals surface area contributed by atoms with Crippen LogP contribution in [0.1, 0.15) is 12.0 Å². The molecule has 4 nitrogen and oxygen atoms in total. The van der Waals surface area contributed by atoms with Crippen molar-refractivity contribution in [3.63, 3.8) is 0 Å². The fourth-order valence-electron chi connectivity index (χ4n) is 2.18. The number of aliphatic imine (C=N–C) groups is 1. The average molecular weight is 409 g/mol. The molecule has 0 bridgehead atoms. The molecule has 2 N–H and O–H groups in total. The molecule has 2 aromatic rings. The van der Waals surface area contributed by atoms with Crippen LogP contribution in [0.4, 0.5) is 0 Å². The number of nitrogens with zero attached hydrogens (tertiary/aromatic N) is 1. The first-order chi connectivity index (χ1) is 10.4. The number of guanidine groups is 1. The maximum Gasteiger partial charge on any atom is 0.191 e. The maximum atomic E-state index is 5.84. The van der Waals surface area contributed by atoms with Gasteiger partial charge in [0.15, 0.2) is 5.96 Å². The monoisotopic (exact) mass is 409 g/mol. The number of hydrogen-bond acceptors (Lipinski definition) is 4. The van der Waals surface area contributed by atoms with E-state index in [1.54, 1.807) is 0 Å². The molecule has 3 rings (SSSR count). The first-order valence-corrected chi connectivity index (χ1v) is 7.24. The highest BCUT2D eigenvalue weighted by atomic mass is 127. The van der Waals surface area contributed by atoms with Gasteiger partial charge in [-0.05, 0) is 36.2 Å². The first-order valence-electron chi connectivity index (χ1n) is 7.24. The molecule has 1 aliphatic heterocycles. The highest BCUT2D eigenvalue weighted by molar-refractivity contribution is 14.0. The number of para-hydroxylation sites is 1. The molecule has 0 saturated carbocycles. The number of ether oxygens (including phenoxy) is 1. The molecule has 0 amide bonds. The Morgan fingerprint density at radius 2 is 1.86 bits per heavy atom. The minimum atomic E-state index is 0. The Bertz CT molecular complexity index is 616. The van der Waals surface area contributed by atoms with Crippen molar-refractivity contribution in [2.24, 2.45) is 4.99 Å². The van der Waals surface area contributed by atoms with Crippen molar-refractivity contribution in [2.45, 2.75) is 13.0 Å². The van der Waals surface area contributed by atoms with Gasteiger partial charge in [-0.2, -0.15) is 0 Å². The summed E-state index contributed by atoms with van der Waals surface area (Å²) in [6.45, 7) is 2.62. The van der Waals surface area contributed by atoms with Gasteiger partial charge in [-0.3, -0.25) is 4.99 Å². The molecule has 0 atom stereocenters. The van der Waals surface area contributed by atoms with Crippen LogP contribution in [0.25, 0.3) is 0 Å². The van der Waals surface area contributed by atoms with Gasteiger partial charge in [-0.15, -0.1) is 24.0 Å². The SMILES string of the molecule is I.c1ccc(Oc2cccc(CNC3=NCCCN3)c2)cc1. The molecule has 5 heteroatoms. The Morgan fingerprint density at radius 1 is 1.05 bits per heavy atom. The summed E-state index contributed by atoms with van der Waals surface area (Å²) < 4.78 is 5.84. The van der Waals surface area contributed by atoms with Crippen LogP contribution in [-0.4, -0.2) is 19.0 Å². The molecule has 0 aliphatic carbocycles. The van der Waals surface area contributed by atoms with Crippen LogP contribution in [0.3, 0.4) is 0 Å². The van der Waals surface area contributed by atoms with Crippen molar-refractivity contribution in [2.75, 3.05) is 13.1 Å². The fraction of sp³-hybridized carbons (Fsp3) is 0.235. The number of halogens is 1. The van der Waals surface area contributed by atoms with Crippen LogP contribution >= 0.6 is 24.0 Å². The molecule has 116 valence electrons. The number of nitrogens with one attached hydrogen (secondary N) is 2. The summed E-state index contributed by atoms with van der Waals surface area (Å²) in [5.41, 5.74) is 1.17. The molecule has 0 aromatic heterocycles. The van der Waals surface area contributed by atoms with Crippen LogP contribution in [0, 0.1) is 0 Å². The quantitative estimate of drug-likeness (QED) is 0.760. The zero-order chi connectivity index (χ0) is 14.3. The van der Waals surface area contributed by atoms with Crippen LogP contribution in [0.5, 0.6) is 11.5 Å².